The number of nitrogens with two attached hydrogens (primary N) is 1. The highest BCUT2D eigenvalue weighted by Crippen LogP contribution is 2.40. The molecular weight excluding hydrogens is 378 g/mol. The molecule has 2 heterocycles. The summed E-state index contributed by atoms with van der Waals surface area (Å²) in [6.07, 6.45) is 4.74. The van der Waals surface area contributed by atoms with E-state index in [2.05, 4.69) is 46.4 Å². The summed E-state index contributed by atoms with van der Waals surface area (Å²) >= 11 is 0. The predicted molar refractivity (Wildman–Crippen MR) is 118 cm³/mol. The second-order valence-electron chi connectivity index (χ2n) is 7.74. The van der Waals surface area contributed by atoms with Gasteiger partial charge in [0.25, 0.3) is 0 Å². The first-order valence-electron chi connectivity index (χ1n) is 10.5. The zero-order valence-corrected chi connectivity index (χ0v) is 17.6. The summed E-state index contributed by atoms with van der Waals surface area (Å²) in [5, 5.41) is 1.25. The maximum absolute atomic E-state index is 11.7. The van der Waals surface area contributed by atoms with Gasteiger partial charge in [-0.25, -0.2) is 0 Å². The van der Waals surface area contributed by atoms with Crippen LogP contribution >= 0.6 is 0 Å². The van der Waals surface area contributed by atoms with Crippen molar-refractivity contribution in [2.75, 3.05) is 26.8 Å². The lowest BCUT2D eigenvalue weighted by atomic mass is 9.88. The van der Waals surface area contributed by atoms with Gasteiger partial charge in [-0.05, 0) is 61.1 Å². The second-order valence-corrected chi connectivity index (χ2v) is 7.74. The minimum absolute atomic E-state index is 0.0972. The molecule has 0 aliphatic carbocycles. The molecule has 1 atom stereocenters. The topological polar surface area (TPSA) is 80.6 Å². The number of aromatic nitrogens is 1. The molecule has 0 saturated heterocycles. The fourth-order valence-electron chi connectivity index (χ4n) is 4.55. The van der Waals surface area contributed by atoms with Gasteiger partial charge in [0.15, 0.2) is 11.5 Å². The molecule has 0 bridgehead atoms. The van der Waals surface area contributed by atoms with Crippen LogP contribution in [0.25, 0.3) is 10.9 Å². The highest BCUT2D eigenvalue weighted by molar-refractivity contribution is 5.83. The number of fused-ring (bicyclic) bond motifs is 2. The Hall–Kier alpha value is -2.99. The Morgan fingerprint density at radius 1 is 1.27 bits per heavy atom. The standard InChI is InChI=1S/C24H29N3O3/c1-3-30-23-13-19-16(12-22(23)29-2)10-11-27(15-24(25)28)21(19)9-8-17-14-26-20-7-5-4-6-18(17)20/h4-7,12-14,21,26H,3,8-11,15H2,1-2H3,(H2,25,28). The highest BCUT2D eigenvalue weighted by Gasteiger charge is 2.30. The third-order valence-electron chi connectivity index (χ3n) is 5.91. The summed E-state index contributed by atoms with van der Waals surface area (Å²) < 4.78 is 11.4. The van der Waals surface area contributed by atoms with E-state index in [1.54, 1.807) is 7.11 Å². The normalized spacial score (nSPS) is 16.4. The molecule has 0 spiro atoms. The molecule has 6 nitrogen and oxygen atoms in total. The van der Waals surface area contributed by atoms with Crippen LogP contribution in [0.4, 0.5) is 0 Å². The van der Waals surface area contributed by atoms with Crippen molar-refractivity contribution in [2.24, 2.45) is 5.73 Å². The lowest BCUT2D eigenvalue weighted by molar-refractivity contribution is -0.119. The van der Waals surface area contributed by atoms with Crippen molar-refractivity contribution in [3.8, 4) is 11.5 Å². The number of rotatable bonds is 8. The zero-order valence-electron chi connectivity index (χ0n) is 17.6. The van der Waals surface area contributed by atoms with Crippen LogP contribution in [0, 0.1) is 0 Å². The van der Waals surface area contributed by atoms with Gasteiger partial charge < -0.3 is 20.2 Å². The van der Waals surface area contributed by atoms with Crippen molar-refractivity contribution in [1.29, 1.82) is 0 Å². The number of primary amides is 1. The molecule has 30 heavy (non-hydrogen) atoms. The predicted octanol–water partition coefficient (Wildman–Crippen LogP) is 3.59. The molecule has 3 aromatic rings. The van der Waals surface area contributed by atoms with Crippen LogP contribution in [0.3, 0.4) is 0 Å². The number of nitrogens with one attached hydrogen (secondary N) is 1. The van der Waals surface area contributed by atoms with Crippen molar-refractivity contribution >= 4 is 16.8 Å². The number of ether oxygens (including phenoxy) is 2. The Balaban J connectivity index is 1.67. The highest BCUT2D eigenvalue weighted by atomic mass is 16.5. The Morgan fingerprint density at radius 3 is 2.87 bits per heavy atom. The fourth-order valence-corrected chi connectivity index (χ4v) is 4.55. The Kier molecular flexibility index (Phi) is 5.95. The number of amides is 1. The monoisotopic (exact) mass is 407 g/mol. The number of benzene rings is 2. The smallest absolute Gasteiger partial charge is 0.231 e. The van der Waals surface area contributed by atoms with Crippen molar-refractivity contribution in [3.05, 3.63) is 59.3 Å². The molecule has 1 unspecified atom stereocenters. The first kappa shape index (κ1) is 20.3. The SMILES string of the molecule is CCOc1cc2c(cc1OC)CCN(CC(N)=O)C2CCc1c[nH]c2ccccc12. The van der Waals surface area contributed by atoms with Crippen molar-refractivity contribution in [2.45, 2.75) is 32.2 Å². The van der Waals surface area contributed by atoms with Gasteiger partial charge in [0.05, 0.1) is 20.3 Å². The third kappa shape index (κ3) is 4.00. The number of aromatic amines is 1. The summed E-state index contributed by atoms with van der Waals surface area (Å²) in [7, 11) is 1.67. The number of hydrogen-bond donors (Lipinski definition) is 2. The van der Waals surface area contributed by atoms with Gasteiger partial charge in [-0.15, -0.1) is 0 Å². The van der Waals surface area contributed by atoms with Crippen LogP contribution in [-0.2, 0) is 17.6 Å². The number of H-pyrrole nitrogens is 1. The van der Waals surface area contributed by atoms with E-state index in [9.17, 15) is 4.79 Å². The quantitative estimate of drug-likeness (QED) is 0.598. The molecule has 1 aliphatic rings. The summed E-state index contributed by atoms with van der Waals surface area (Å²) in [4.78, 5) is 17.3. The van der Waals surface area contributed by atoms with E-state index < -0.39 is 0 Å². The largest absolute Gasteiger partial charge is 0.493 e. The Morgan fingerprint density at radius 2 is 2.10 bits per heavy atom. The van der Waals surface area contributed by atoms with Crippen LogP contribution in [0.1, 0.15) is 36.1 Å². The molecule has 0 radical (unpaired) electrons. The number of para-hydroxylation sites is 1. The van der Waals surface area contributed by atoms with Gasteiger partial charge in [-0.3, -0.25) is 9.69 Å². The maximum Gasteiger partial charge on any atom is 0.231 e. The average molecular weight is 408 g/mol. The Labute approximate surface area is 177 Å². The lowest BCUT2D eigenvalue weighted by Gasteiger charge is -2.37. The zero-order chi connectivity index (χ0) is 21.1. The van der Waals surface area contributed by atoms with E-state index >= 15 is 0 Å². The van der Waals surface area contributed by atoms with E-state index in [-0.39, 0.29) is 18.5 Å². The number of methoxy groups -OCH3 is 1. The van der Waals surface area contributed by atoms with Gasteiger partial charge in [0.1, 0.15) is 0 Å². The molecule has 4 rings (SSSR count). The van der Waals surface area contributed by atoms with E-state index in [0.29, 0.717) is 6.61 Å². The summed E-state index contributed by atoms with van der Waals surface area (Å²) in [6.45, 7) is 3.59. The van der Waals surface area contributed by atoms with Gasteiger partial charge in [-0.1, -0.05) is 18.2 Å². The van der Waals surface area contributed by atoms with Crippen molar-refractivity contribution in [3.63, 3.8) is 0 Å². The molecule has 6 heteroatoms. The minimum atomic E-state index is -0.297. The van der Waals surface area contributed by atoms with Gasteiger partial charge in [0.2, 0.25) is 5.91 Å². The number of carbonyl (C=O) groups excluding carboxylic acids is 1. The van der Waals surface area contributed by atoms with Crippen LogP contribution in [0.2, 0.25) is 0 Å². The van der Waals surface area contributed by atoms with E-state index in [1.807, 2.05) is 13.0 Å². The Bertz CT molecular complexity index is 1040. The molecule has 0 saturated carbocycles. The molecule has 0 fully saturated rings. The van der Waals surface area contributed by atoms with Crippen molar-refractivity contribution in [1.82, 2.24) is 9.88 Å². The number of nitrogens with zero attached hydrogens (tertiary/aromatic N) is 1. The van der Waals surface area contributed by atoms with Crippen LogP contribution < -0.4 is 15.2 Å². The average Bonchev–Trinajstić information content (AvgIpc) is 3.15. The third-order valence-corrected chi connectivity index (χ3v) is 5.91. The van der Waals surface area contributed by atoms with Crippen LogP contribution in [0.15, 0.2) is 42.6 Å². The molecule has 1 aliphatic heterocycles. The number of hydrogen-bond acceptors (Lipinski definition) is 4. The van der Waals surface area contributed by atoms with Crippen LogP contribution in [-0.4, -0.2) is 42.6 Å². The molecule has 3 N–H and O–H groups in total. The van der Waals surface area contributed by atoms with Gasteiger partial charge in [0, 0.05) is 29.7 Å². The van der Waals surface area contributed by atoms with Crippen LogP contribution in [0.5, 0.6) is 11.5 Å². The first-order valence-corrected chi connectivity index (χ1v) is 10.5. The van der Waals surface area contributed by atoms with Crippen molar-refractivity contribution < 1.29 is 14.3 Å². The molecular formula is C24H29N3O3. The number of aryl methyl sites for hydroxylation is 1. The van der Waals surface area contributed by atoms with E-state index in [4.69, 9.17) is 15.2 Å². The molecule has 2 aromatic carbocycles. The molecule has 158 valence electrons. The van der Waals surface area contributed by atoms with Gasteiger partial charge in [-0.2, -0.15) is 0 Å². The van der Waals surface area contributed by atoms with Gasteiger partial charge >= 0.3 is 0 Å². The lowest BCUT2D eigenvalue weighted by Crippen LogP contribution is -2.41. The fraction of sp³-hybridized carbons (Fsp3) is 0.375. The number of carbonyl (C=O) groups is 1. The minimum Gasteiger partial charge on any atom is -0.493 e. The molecule has 1 aromatic heterocycles. The van der Waals surface area contributed by atoms with E-state index in [1.165, 1.54) is 22.1 Å². The summed E-state index contributed by atoms with van der Waals surface area (Å²) in [5.74, 6) is 1.21. The second kappa shape index (κ2) is 8.79. The first-order chi connectivity index (χ1) is 14.6. The summed E-state index contributed by atoms with van der Waals surface area (Å²) in [6, 6.07) is 12.6. The molecule has 1 amide bonds. The summed E-state index contributed by atoms with van der Waals surface area (Å²) in [5.41, 5.74) is 10.4. The maximum atomic E-state index is 11.7. The van der Waals surface area contributed by atoms with E-state index in [0.717, 1.165) is 42.8 Å².